The maximum atomic E-state index is 5.97. The van der Waals surface area contributed by atoms with Crippen molar-refractivity contribution in [1.29, 1.82) is 0 Å². The Labute approximate surface area is 96.1 Å². The van der Waals surface area contributed by atoms with Gasteiger partial charge >= 0.3 is 0 Å². The molecule has 82 valence electrons. The van der Waals surface area contributed by atoms with Gasteiger partial charge in [0.05, 0.1) is 0 Å². The van der Waals surface area contributed by atoms with Gasteiger partial charge in [0.1, 0.15) is 5.15 Å². The zero-order chi connectivity index (χ0) is 10.7. The normalized spacial score (nSPS) is 18.5. The Kier molecular flexibility index (Phi) is 3.27. The van der Waals surface area contributed by atoms with E-state index in [0.29, 0.717) is 10.6 Å². The van der Waals surface area contributed by atoms with Crippen LogP contribution in [0.4, 0.5) is 0 Å². The number of nitrogens with one attached hydrogen (secondary N) is 1. The minimum Gasteiger partial charge on any atom is -0.312 e. The number of pyridine rings is 1. The van der Waals surface area contributed by atoms with Crippen LogP contribution in [0.3, 0.4) is 0 Å². The van der Waals surface area contributed by atoms with Crippen LogP contribution in [0.5, 0.6) is 0 Å². The van der Waals surface area contributed by atoms with Crippen molar-refractivity contribution in [1.82, 2.24) is 10.3 Å². The summed E-state index contributed by atoms with van der Waals surface area (Å²) in [6, 6.07) is 3.94. The van der Waals surface area contributed by atoms with E-state index in [1.165, 1.54) is 19.3 Å². The molecule has 0 aromatic carbocycles. The van der Waals surface area contributed by atoms with Crippen molar-refractivity contribution < 1.29 is 0 Å². The highest BCUT2D eigenvalue weighted by Crippen LogP contribution is 2.39. The molecule has 1 fully saturated rings. The lowest BCUT2D eigenvalue weighted by molar-refractivity contribution is 0.156. The van der Waals surface area contributed by atoms with Crippen LogP contribution in [-0.2, 0) is 6.54 Å². The van der Waals surface area contributed by atoms with Crippen molar-refractivity contribution in [3.63, 3.8) is 0 Å². The molecule has 0 spiro atoms. The highest BCUT2D eigenvalue weighted by molar-refractivity contribution is 6.30. The molecule has 1 aliphatic rings. The van der Waals surface area contributed by atoms with Gasteiger partial charge < -0.3 is 5.32 Å². The van der Waals surface area contributed by atoms with Gasteiger partial charge in [-0.25, -0.2) is 4.98 Å². The summed E-state index contributed by atoms with van der Waals surface area (Å²) in [4.78, 5) is 4.05. The summed E-state index contributed by atoms with van der Waals surface area (Å²) in [6.45, 7) is 4.24. The first kappa shape index (κ1) is 10.9. The SMILES string of the molecule is CC1(CNCc2cccnc2Cl)CCC1. The third kappa shape index (κ3) is 2.70. The summed E-state index contributed by atoms with van der Waals surface area (Å²) in [7, 11) is 0. The first-order valence-electron chi connectivity index (χ1n) is 5.50. The number of nitrogens with zero attached hydrogens (tertiary/aromatic N) is 1. The van der Waals surface area contributed by atoms with Gasteiger partial charge in [0.15, 0.2) is 0 Å². The van der Waals surface area contributed by atoms with E-state index in [-0.39, 0.29) is 0 Å². The molecule has 1 aliphatic carbocycles. The second-order valence-electron chi connectivity index (χ2n) is 4.72. The maximum Gasteiger partial charge on any atom is 0.133 e. The van der Waals surface area contributed by atoms with Crippen LogP contribution in [0.2, 0.25) is 5.15 Å². The van der Waals surface area contributed by atoms with Gasteiger partial charge in [0, 0.05) is 24.8 Å². The van der Waals surface area contributed by atoms with Crippen molar-refractivity contribution >= 4 is 11.6 Å². The molecule has 0 saturated heterocycles. The van der Waals surface area contributed by atoms with E-state index in [9.17, 15) is 0 Å². The Morgan fingerprint density at radius 1 is 1.53 bits per heavy atom. The summed E-state index contributed by atoms with van der Waals surface area (Å²) >= 11 is 5.97. The van der Waals surface area contributed by atoms with Gasteiger partial charge in [0.25, 0.3) is 0 Å². The molecule has 0 unspecified atom stereocenters. The lowest BCUT2D eigenvalue weighted by Gasteiger charge is -2.38. The second kappa shape index (κ2) is 4.50. The monoisotopic (exact) mass is 224 g/mol. The van der Waals surface area contributed by atoms with Crippen LogP contribution >= 0.6 is 11.6 Å². The average molecular weight is 225 g/mol. The summed E-state index contributed by atoms with van der Waals surface area (Å²) in [6.07, 6.45) is 5.80. The average Bonchev–Trinajstić information content (AvgIpc) is 2.18. The molecule has 2 nitrogen and oxygen atoms in total. The Morgan fingerprint density at radius 3 is 2.93 bits per heavy atom. The lowest BCUT2D eigenvalue weighted by atomic mass is 9.70. The maximum absolute atomic E-state index is 5.97. The molecule has 0 radical (unpaired) electrons. The highest BCUT2D eigenvalue weighted by atomic mass is 35.5. The molecule has 0 bridgehead atoms. The number of rotatable bonds is 4. The number of hydrogen-bond donors (Lipinski definition) is 1. The molecule has 1 aromatic rings. The third-order valence-electron chi connectivity index (χ3n) is 3.26. The Bertz CT molecular complexity index is 334. The molecule has 1 N–H and O–H groups in total. The topological polar surface area (TPSA) is 24.9 Å². The van der Waals surface area contributed by atoms with Crippen LogP contribution in [0.1, 0.15) is 31.7 Å². The van der Waals surface area contributed by atoms with E-state index in [2.05, 4.69) is 17.2 Å². The van der Waals surface area contributed by atoms with Gasteiger partial charge in [-0.3, -0.25) is 0 Å². The first-order chi connectivity index (χ1) is 7.20. The van der Waals surface area contributed by atoms with E-state index in [1.807, 2.05) is 12.1 Å². The predicted molar refractivity (Wildman–Crippen MR) is 62.9 cm³/mol. The first-order valence-corrected chi connectivity index (χ1v) is 5.88. The second-order valence-corrected chi connectivity index (χ2v) is 5.08. The van der Waals surface area contributed by atoms with Crippen molar-refractivity contribution in [2.75, 3.05) is 6.54 Å². The lowest BCUT2D eigenvalue weighted by Crippen LogP contribution is -2.37. The van der Waals surface area contributed by atoms with Crippen LogP contribution < -0.4 is 5.32 Å². The number of hydrogen-bond acceptors (Lipinski definition) is 2. The third-order valence-corrected chi connectivity index (χ3v) is 3.60. The molecule has 3 heteroatoms. The predicted octanol–water partition coefficient (Wildman–Crippen LogP) is 3.01. The van der Waals surface area contributed by atoms with Crippen LogP contribution in [-0.4, -0.2) is 11.5 Å². The van der Waals surface area contributed by atoms with E-state index >= 15 is 0 Å². The Balaban J connectivity index is 1.81. The van der Waals surface area contributed by atoms with Gasteiger partial charge in [-0.15, -0.1) is 0 Å². The van der Waals surface area contributed by atoms with Crippen molar-refractivity contribution in [3.8, 4) is 0 Å². The minimum atomic E-state index is 0.523. The molecule has 15 heavy (non-hydrogen) atoms. The Morgan fingerprint density at radius 2 is 2.33 bits per heavy atom. The molecule has 1 heterocycles. The minimum absolute atomic E-state index is 0.523. The number of halogens is 1. The molecule has 1 aromatic heterocycles. The largest absolute Gasteiger partial charge is 0.312 e. The fourth-order valence-electron chi connectivity index (χ4n) is 2.01. The highest BCUT2D eigenvalue weighted by Gasteiger charge is 2.30. The fourth-order valence-corrected chi connectivity index (χ4v) is 2.19. The van der Waals surface area contributed by atoms with Gasteiger partial charge in [-0.05, 0) is 24.3 Å². The molecule has 1 saturated carbocycles. The van der Waals surface area contributed by atoms with Crippen molar-refractivity contribution in [2.45, 2.75) is 32.7 Å². The summed E-state index contributed by atoms with van der Waals surface area (Å²) in [5, 5.41) is 4.08. The van der Waals surface area contributed by atoms with Crippen molar-refractivity contribution in [2.24, 2.45) is 5.41 Å². The molecular formula is C12H17ClN2. The standard InChI is InChI=1S/C12H17ClN2/c1-12(5-3-6-12)9-14-8-10-4-2-7-15-11(10)13/h2,4,7,14H,3,5-6,8-9H2,1H3. The quantitative estimate of drug-likeness (QED) is 0.796. The molecule has 0 aliphatic heterocycles. The van der Waals surface area contributed by atoms with E-state index in [0.717, 1.165) is 18.7 Å². The summed E-state index contributed by atoms with van der Waals surface area (Å²) in [5.74, 6) is 0. The summed E-state index contributed by atoms with van der Waals surface area (Å²) < 4.78 is 0. The van der Waals surface area contributed by atoms with Gasteiger partial charge in [0.2, 0.25) is 0 Å². The molecule has 0 amide bonds. The van der Waals surface area contributed by atoms with Crippen LogP contribution in [0, 0.1) is 5.41 Å². The fraction of sp³-hybridized carbons (Fsp3) is 0.583. The Hall–Kier alpha value is -0.600. The van der Waals surface area contributed by atoms with Crippen LogP contribution in [0.25, 0.3) is 0 Å². The molecule has 0 atom stereocenters. The zero-order valence-corrected chi connectivity index (χ0v) is 9.85. The number of aromatic nitrogens is 1. The van der Waals surface area contributed by atoms with E-state index in [4.69, 9.17) is 11.6 Å². The van der Waals surface area contributed by atoms with Gasteiger partial charge in [-0.2, -0.15) is 0 Å². The molecule has 2 rings (SSSR count). The van der Waals surface area contributed by atoms with Crippen molar-refractivity contribution in [3.05, 3.63) is 29.0 Å². The van der Waals surface area contributed by atoms with Crippen LogP contribution in [0.15, 0.2) is 18.3 Å². The summed E-state index contributed by atoms with van der Waals surface area (Å²) in [5.41, 5.74) is 1.61. The van der Waals surface area contributed by atoms with E-state index < -0.39 is 0 Å². The van der Waals surface area contributed by atoms with E-state index in [1.54, 1.807) is 6.20 Å². The molecular weight excluding hydrogens is 208 g/mol. The zero-order valence-electron chi connectivity index (χ0n) is 9.09. The van der Waals surface area contributed by atoms with Gasteiger partial charge in [-0.1, -0.05) is 31.0 Å². The smallest absolute Gasteiger partial charge is 0.133 e.